The molecule has 2 fully saturated rings. The molecule has 0 saturated heterocycles. The molecular weight excluding hydrogens is 360 g/mol. The summed E-state index contributed by atoms with van der Waals surface area (Å²) in [6, 6.07) is 10.6. The van der Waals surface area contributed by atoms with Crippen LogP contribution >= 0.6 is 0 Å². The first kappa shape index (κ1) is 18.9. The molecule has 1 aromatic carbocycles. The van der Waals surface area contributed by atoms with Crippen molar-refractivity contribution in [2.45, 2.75) is 65.6 Å². The van der Waals surface area contributed by atoms with Crippen molar-refractivity contribution >= 4 is 5.91 Å². The molecule has 3 aliphatic rings. The Hall–Kier alpha value is -2.14. The van der Waals surface area contributed by atoms with Gasteiger partial charge in [0.2, 0.25) is 0 Å². The lowest BCUT2D eigenvalue weighted by molar-refractivity contribution is 0.0731. The highest BCUT2D eigenvalue weighted by atomic mass is 16.2. The van der Waals surface area contributed by atoms with Gasteiger partial charge < -0.3 is 10.6 Å². The number of benzene rings is 1. The van der Waals surface area contributed by atoms with Crippen molar-refractivity contribution in [3.05, 3.63) is 52.8 Å². The van der Waals surface area contributed by atoms with Crippen LogP contribution in [0.5, 0.6) is 0 Å². The molecule has 0 radical (unpaired) electrons. The summed E-state index contributed by atoms with van der Waals surface area (Å²) in [5.41, 5.74) is 4.48. The van der Waals surface area contributed by atoms with E-state index in [4.69, 9.17) is 5.10 Å². The Morgan fingerprint density at radius 3 is 2.79 bits per heavy atom. The minimum atomic E-state index is 0.00334. The minimum Gasteiger partial charge on any atom is -0.347 e. The predicted octanol–water partition coefficient (Wildman–Crippen LogP) is 3.52. The standard InChI is InChI=1S/C24H32N4O/c1-23(2)17-9-11-24(3,13-17)22(23)26-21(29)20-18-14-25-12-10-19(18)28(27-20)15-16-7-5-4-6-8-16/h4-8,17,22,25H,9-15H2,1-3H3,(H,26,29). The highest BCUT2D eigenvalue weighted by molar-refractivity contribution is 5.94. The summed E-state index contributed by atoms with van der Waals surface area (Å²) < 4.78 is 2.05. The van der Waals surface area contributed by atoms with Crippen LogP contribution in [0.2, 0.25) is 0 Å². The Bertz CT molecular complexity index is 927. The van der Waals surface area contributed by atoms with Crippen molar-refractivity contribution in [3.8, 4) is 0 Å². The van der Waals surface area contributed by atoms with Crippen LogP contribution in [0.25, 0.3) is 0 Å². The molecule has 2 saturated carbocycles. The first-order chi connectivity index (χ1) is 13.9. The van der Waals surface area contributed by atoms with Crippen molar-refractivity contribution < 1.29 is 4.79 Å². The quantitative estimate of drug-likeness (QED) is 0.837. The lowest BCUT2D eigenvalue weighted by Gasteiger charge is -2.43. The molecule has 0 spiro atoms. The smallest absolute Gasteiger partial charge is 0.272 e. The SMILES string of the molecule is CC12CCC(C1)C(C)(C)C2NC(=O)c1nn(Cc2ccccc2)c2c1CNCC2. The van der Waals surface area contributed by atoms with Crippen molar-refractivity contribution in [2.24, 2.45) is 16.7 Å². The molecule has 5 rings (SSSR count). The number of hydrogen-bond acceptors (Lipinski definition) is 3. The van der Waals surface area contributed by atoms with Gasteiger partial charge >= 0.3 is 0 Å². The predicted molar refractivity (Wildman–Crippen MR) is 114 cm³/mol. The van der Waals surface area contributed by atoms with Gasteiger partial charge in [-0.25, -0.2) is 0 Å². The number of nitrogens with one attached hydrogen (secondary N) is 2. The summed E-state index contributed by atoms with van der Waals surface area (Å²) in [6.45, 7) is 9.39. The molecule has 2 aliphatic carbocycles. The number of carbonyl (C=O) groups is 1. The topological polar surface area (TPSA) is 59.0 Å². The first-order valence-corrected chi connectivity index (χ1v) is 11.0. The van der Waals surface area contributed by atoms with E-state index >= 15 is 0 Å². The van der Waals surface area contributed by atoms with Crippen LogP contribution in [0, 0.1) is 16.7 Å². The summed E-state index contributed by atoms with van der Waals surface area (Å²) >= 11 is 0. The number of nitrogens with zero attached hydrogens (tertiary/aromatic N) is 2. The molecule has 2 heterocycles. The number of amides is 1. The van der Waals surface area contributed by atoms with Gasteiger partial charge in [0.1, 0.15) is 0 Å². The van der Waals surface area contributed by atoms with Crippen LogP contribution < -0.4 is 10.6 Å². The third kappa shape index (κ3) is 3.02. The Labute approximate surface area is 173 Å². The Balaban J connectivity index is 1.44. The van der Waals surface area contributed by atoms with Crippen LogP contribution in [-0.2, 0) is 19.5 Å². The number of fused-ring (bicyclic) bond motifs is 3. The van der Waals surface area contributed by atoms with Crippen molar-refractivity contribution in [2.75, 3.05) is 6.54 Å². The molecule has 2 N–H and O–H groups in total. The largest absolute Gasteiger partial charge is 0.347 e. The second kappa shape index (κ2) is 6.69. The van der Waals surface area contributed by atoms with Gasteiger partial charge in [-0.3, -0.25) is 9.48 Å². The zero-order valence-corrected chi connectivity index (χ0v) is 17.8. The summed E-state index contributed by atoms with van der Waals surface area (Å²) in [5, 5.41) is 11.7. The highest BCUT2D eigenvalue weighted by Gasteiger charge is 2.59. The number of rotatable bonds is 4. The van der Waals surface area contributed by atoms with Gasteiger partial charge in [0.25, 0.3) is 5.91 Å². The summed E-state index contributed by atoms with van der Waals surface area (Å²) in [7, 11) is 0. The summed E-state index contributed by atoms with van der Waals surface area (Å²) in [4.78, 5) is 13.4. The summed E-state index contributed by atoms with van der Waals surface area (Å²) in [6.07, 6.45) is 4.65. The molecule has 3 unspecified atom stereocenters. The van der Waals surface area contributed by atoms with E-state index in [-0.39, 0.29) is 22.8 Å². The van der Waals surface area contributed by atoms with Crippen LogP contribution in [-0.4, -0.2) is 28.3 Å². The molecule has 2 aromatic rings. The minimum absolute atomic E-state index is 0.00334. The molecule has 1 aromatic heterocycles. The molecule has 29 heavy (non-hydrogen) atoms. The normalized spacial score (nSPS) is 29.6. The third-order valence-corrected chi connectivity index (χ3v) is 7.94. The Morgan fingerprint density at radius 1 is 1.28 bits per heavy atom. The zero-order valence-electron chi connectivity index (χ0n) is 17.8. The molecular formula is C24H32N4O. The Kier molecular flexibility index (Phi) is 4.35. The van der Waals surface area contributed by atoms with E-state index in [1.54, 1.807) is 0 Å². The lowest BCUT2D eigenvalue weighted by atomic mass is 9.68. The molecule has 5 heteroatoms. The van der Waals surface area contributed by atoms with Gasteiger partial charge in [-0.05, 0) is 41.6 Å². The molecule has 5 nitrogen and oxygen atoms in total. The van der Waals surface area contributed by atoms with Crippen molar-refractivity contribution in [1.29, 1.82) is 0 Å². The average molecular weight is 393 g/mol. The fraction of sp³-hybridized carbons (Fsp3) is 0.583. The van der Waals surface area contributed by atoms with E-state index in [1.807, 2.05) is 10.7 Å². The number of aromatic nitrogens is 2. The maximum Gasteiger partial charge on any atom is 0.272 e. The van der Waals surface area contributed by atoms with Gasteiger partial charge in [-0.1, -0.05) is 51.1 Å². The molecule has 2 bridgehead atoms. The number of hydrogen-bond donors (Lipinski definition) is 2. The van der Waals surface area contributed by atoms with E-state index in [2.05, 4.69) is 55.7 Å². The summed E-state index contributed by atoms with van der Waals surface area (Å²) in [5.74, 6) is 0.715. The van der Waals surface area contributed by atoms with E-state index in [0.717, 1.165) is 25.1 Å². The average Bonchev–Trinajstić information content (AvgIpc) is 3.33. The maximum absolute atomic E-state index is 13.4. The van der Waals surface area contributed by atoms with Gasteiger partial charge in [0, 0.05) is 36.8 Å². The van der Waals surface area contributed by atoms with E-state index in [0.29, 0.717) is 18.2 Å². The van der Waals surface area contributed by atoms with E-state index in [9.17, 15) is 4.79 Å². The van der Waals surface area contributed by atoms with Crippen LogP contribution in [0.3, 0.4) is 0 Å². The van der Waals surface area contributed by atoms with Crippen molar-refractivity contribution in [1.82, 2.24) is 20.4 Å². The number of carbonyl (C=O) groups excluding carboxylic acids is 1. The Morgan fingerprint density at radius 2 is 2.07 bits per heavy atom. The third-order valence-electron chi connectivity index (χ3n) is 7.94. The lowest BCUT2D eigenvalue weighted by Crippen LogP contribution is -2.52. The van der Waals surface area contributed by atoms with Gasteiger partial charge in [0.15, 0.2) is 5.69 Å². The fourth-order valence-electron chi connectivity index (χ4n) is 6.35. The van der Waals surface area contributed by atoms with Gasteiger partial charge in [0.05, 0.1) is 6.54 Å². The maximum atomic E-state index is 13.4. The van der Waals surface area contributed by atoms with E-state index in [1.165, 1.54) is 30.5 Å². The zero-order chi connectivity index (χ0) is 20.2. The monoisotopic (exact) mass is 392 g/mol. The molecule has 154 valence electrons. The van der Waals surface area contributed by atoms with Crippen LogP contribution in [0.15, 0.2) is 30.3 Å². The van der Waals surface area contributed by atoms with Crippen molar-refractivity contribution in [3.63, 3.8) is 0 Å². The first-order valence-electron chi connectivity index (χ1n) is 11.0. The van der Waals surface area contributed by atoms with E-state index < -0.39 is 0 Å². The second-order valence-corrected chi connectivity index (χ2v) is 10.2. The molecule has 1 aliphatic heterocycles. The highest BCUT2D eigenvalue weighted by Crippen LogP contribution is 2.62. The second-order valence-electron chi connectivity index (χ2n) is 10.2. The van der Waals surface area contributed by atoms with Gasteiger partial charge in [-0.2, -0.15) is 5.10 Å². The molecule has 3 atom stereocenters. The van der Waals surface area contributed by atoms with Gasteiger partial charge in [-0.15, -0.1) is 0 Å². The van der Waals surface area contributed by atoms with Crippen LogP contribution in [0.4, 0.5) is 0 Å². The van der Waals surface area contributed by atoms with Crippen LogP contribution in [0.1, 0.15) is 67.3 Å². The molecule has 1 amide bonds. The fourth-order valence-corrected chi connectivity index (χ4v) is 6.35.